The molecule has 0 N–H and O–H groups in total. The molecule has 0 aromatic carbocycles. The molecule has 0 aliphatic rings. The minimum absolute atomic E-state index is 0.0891. The van der Waals surface area contributed by atoms with Gasteiger partial charge in [0, 0.05) is 26.4 Å². The molecule has 0 unspecified atom stereocenters. The van der Waals surface area contributed by atoms with E-state index >= 15 is 0 Å². The fourth-order valence-corrected chi connectivity index (χ4v) is 1.99. The Bertz CT molecular complexity index is 440. The summed E-state index contributed by atoms with van der Waals surface area (Å²) < 4.78 is 29.4. The highest BCUT2D eigenvalue weighted by Crippen LogP contribution is 2.07. The van der Waals surface area contributed by atoms with E-state index in [1.165, 1.54) is 18.4 Å². The van der Waals surface area contributed by atoms with Crippen LogP contribution < -0.4 is 4.74 Å². The molecule has 1 heterocycles. The summed E-state index contributed by atoms with van der Waals surface area (Å²) in [5.41, 5.74) is 1.06. The molecule has 96 valence electrons. The van der Waals surface area contributed by atoms with Crippen molar-refractivity contribution in [2.45, 2.75) is 13.3 Å². The van der Waals surface area contributed by atoms with E-state index in [-0.39, 0.29) is 5.75 Å². The molecular weight excluding hydrogens is 240 g/mol. The lowest BCUT2D eigenvalue weighted by molar-refractivity contribution is 0.305. The summed E-state index contributed by atoms with van der Waals surface area (Å²) in [6.45, 7) is 2.30. The molecule has 0 saturated carbocycles. The predicted molar refractivity (Wildman–Crippen MR) is 66.6 cm³/mol. The van der Waals surface area contributed by atoms with Gasteiger partial charge in [0.25, 0.3) is 0 Å². The number of sulfonamides is 1. The Hall–Kier alpha value is -1.14. The van der Waals surface area contributed by atoms with Gasteiger partial charge in [-0.15, -0.1) is 0 Å². The van der Waals surface area contributed by atoms with Gasteiger partial charge in [-0.05, 0) is 18.9 Å². The molecule has 0 atom stereocenters. The first-order valence-electron chi connectivity index (χ1n) is 5.37. The number of hydrogen-bond acceptors (Lipinski definition) is 4. The minimum Gasteiger partial charge on any atom is -0.478 e. The van der Waals surface area contributed by atoms with E-state index in [0.29, 0.717) is 18.9 Å². The van der Waals surface area contributed by atoms with E-state index in [1.807, 2.05) is 13.0 Å². The molecule has 0 saturated heterocycles. The van der Waals surface area contributed by atoms with Crippen LogP contribution >= 0.6 is 0 Å². The summed E-state index contributed by atoms with van der Waals surface area (Å²) in [4.78, 5) is 4.07. The van der Waals surface area contributed by atoms with Crippen molar-refractivity contribution >= 4 is 10.0 Å². The van der Waals surface area contributed by atoms with E-state index in [2.05, 4.69) is 4.98 Å². The van der Waals surface area contributed by atoms with Crippen molar-refractivity contribution in [2.24, 2.45) is 0 Å². The maximum absolute atomic E-state index is 11.4. The number of aromatic nitrogens is 1. The van der Waals surface area contributed by atoms with Crippen molar-refractivity contribution in [1.29, 1.82) is 0 Å². The summed E-state index contributed by atoms with van der Waals surface area (Å²) in [5, 5.41) is 0. The highest BCUT2D eigenvalue weighted by Gasteiger charge is 2.12. The van der Waals surface area contributed by atoms with Gasteiger partial charge in [0.2, 0.25) is 15.9 Å². The third kappa shape index (κ3) is 4.70. The molecule has 1 aromatic heterocycles. The van der Waals surface area contributed by atoms with Crippen LogP contribution in [0.25, 0.3) is 0 Å². The highest BCUT2D eigenvalue weighted by molar-refractivity contribution is 7.89. The quantitative estimate of drug-likeness (QED) is 0.716. The Kier molecular flexibility index (Phi) is 4.89. The maximum atomic E-state index is 11.4. The summed E-state index contributed by atoms with van der Waals surface area (Å²) in [6.07, 6.45) is 2.17. The number of pyridine rings is 1. The number of ether oxygens (including phenoxy) is 1. The molecule has 17 heavy (non-hydrogen) atoms. The minimum atomic E-state index is -3.13. The van der Waals surface area contributed by atoms with Gasteiger partial charge in [0.05, 0.1) is 12.4 Å². The summed E-state index contributed by atoms with van der Waals surface area (Å²) >= 11 is 0. The third-order valence-electron chi connectivity index (χ3n) is 2.24. The molecule has 5 nitrogen and oxygen atoms in total. The number of nitrogens with zero attached hydrogens (tertiary/aromatic N) is 2. The van der Waals surface area contributed by atoms with E-state index < -0.39 is 10.0 Å². The van der Waals surface area contributed by atoms with Gasteiger partial charge in [-0.3, -0.25) is 0 Å². The van der Waals surface area contributed by atoms with Gasteiger partial charge < -0.3 is 4.74 Å². The largest absolute Gasteiger partial charge is 0.478 e. The van der Waals surface area contributed by atoms with Crippen LogP contribution in [0.2, 0.25) is 0 Å². The Morgan fingerprint density at radius 1 is 1.35 bits per heavy atom. The van der Waals surface area contributed by atoms with Crippen molar-refractivity contribution in [3.8, 4) is 5.88 Å². The topological polar surface area (TPSA) is 59.5 Å². The van der Waals surface area contributed by atoms with Crippen molar-refractivity contribution in [3.63, 3.8) is 0 Å². The fraction of sp³-hybridized carbons (Fsp3) is 0.545. The van der Waals surface area contributed by atoms with E-state index in [1.54, 1.807) is 12.3 Å². The first-order chi connectivity index (χ1) is 7.92. The van der Waals surface area contributed by atoms with E-state index in [4.69, 9.17) is 4.74 Å². The highest BCUT2D eigenvalue weighted by atomic mass is 32.2. The summed E-state index contributed by atoms with van der Waals surface area (Å²) in [6, 6.07) is 3.68. The van der Waals surface area contributed by atoms with Crippen LogP contribution in [-0.4, -0.2) is 44.2 Å². The second-order valence-corrected chi connectivity index (χ2v) is 6.28. The first-order valence-corrected chi connectivity index (χ1v) is 6.98. The molecule has 0 aliphatic heterocycles. The van der Waals surface area contributed by atoms with Crippen molar-refractivity contribution in [1.82, 2.24) is 9.29 Å². The predicted octanol–water partition coefficient (Wildman–Crippen LogP) is 1.05. The van der Waals surface area contributed by atoms with Gasteiger partial charge >= 0.3 is 0 Å². The standard InChI is InChI=1S/C11H18N2O3S/c1-10-5-6-11(12-9-10)16-7-4-8-17(14,15)13(2)3/h5-6,9H,4,7-8H2,1-3H3. The second kappa shape index (κ2) is 5.97. The van der Waals surface area contributed by atoms with Crippen LogP contribution in [0.5, 0.6) is 5.88 Å². The molecule has 0 bridgehead atoms. The van der Waals surface area contributed by atoms with Crippen LogP contribution in [0.1, 0.15) is 12.0 Å². The third-order valence-corrected chi connectivity index (χ3v) is 4.15. The van der Waals surface area contributed by atoms with Gasteiger partial charge in [-0.25, -0.2) is 17.7 Å². The maximum Gasteiger partial charge on any atom is 0.213 e. The van der Waals surface area contributed by atoms with Crippen LogP contribution in [0.3, 0.4) is 0 Å². The molecule has 1 aromatic rings. The smallest absolute Gasteiger partial charge is 0.213 e. The molecule has 0 fully saturated rings. The Morgan fingerprint density at radius 3 is 2.59 bits per heavy atom. The Balaban J connectivity index is 2.32. The van der Waals surface area contributed by atoms with Gasteiger partial charge in [0.1, 0.15) is 0 Å². The zero-order valence-corrected chi connectivity index (χ0v) is 11.2. The average Bonchev–Trinajstić information content (AvgIpc) is 2.26. The zero-order valence-electron chi connectivity index (χ0n) is 10.4. The summed E-state index contributed by atoms with van der Waals surface area (Å²) in [5.74, 6) is 0.615. The van der Waals surface area contributed by atoms with E-state index in [0.717, 1.165) is 5.56 Å². The molecule has 1 rings (SSSR count). The monoisotopic (exact) mass is 258 g/mol. The molecule has 0 radical (unpaired) electrons. The molecule has 0 spiro atoms. The van der Waals surface area contributed by atoms with Crippen LogP contribution in [0.4, 0.5) is 0 Å². The number of hydrogen-bond donors (Lipinski definition) is 0. The molecular formula is C11H18N2O3S. The molecule has 0 aliphatic carbocycles. The van der Waals surface area contributed by atoms with Gasteiger partial charge in [0.15, 0.2) is 0 Å². The van der Waals surface area contributed by atoms with Crippen LogP contribution in [-0.2, 0) is 10.0 Å². The lowest BCUT2D eigenvalue weighted by Gasteiger charge is -2.11. The fourth-order valence-electron chi connectivity index (χ4n) is 1.14. The lowest BCUT2D eigenvalue weighted by Crippen LogP contribution is -2.25. The van der Waals surface area contributed by atoms with Crippen molar-refractivity contribution in [3.05, 3.63) is 23.9 Å². The second-order valence-electron chi connectivity index (χ2n) is 3.97. The number of aryl methyl sites for hydroxylation is 1. The first kappa shape index (κ1) is 13.9. The molecule has 6 heteroatoms. The summed E-state index contributed by atoms with van der Waals surface area (Å²) in [7, 11) is -0.0754. The Morgan fingerprint density at radius 2 is 2.06 bits per heavy atom. The lowest BCUT2D eigenvalue weighted by atomic mass is 10.3. The normalized spacial score (nSPS) is 11.8. The molecule has 0 amide bonds. The Labute approximate surface area is 102 Å². The number of rotatable bonds is 6. The van der Waals surface area contributed by atoms with Crippen molar-refractivity contribution < 1.29 is 13.2 Å². The van der Waals surface area contributed by atoms with Gasteiger partial charge in [-0.2, -0.15) is 0 Å². The van der Waals surface area contributed by atoms with Crippen LogP contribution in [0.15, 0.2) is 18.3 Å². The van der Waals surface area contributed by atoms with Crippen LogP contribution in [0, 0.1) is 6.92 Å². The zero-order chi connectivity index (χ0) is 12.9. The van der Waals surface area contributed by atoms with E-state index in [9.17, 15) is 8.42 Å². The van der Waals surface area contributed by atoms with Crippen molar-refractivity contribution in [2.75, 3.05) is 26.5 Å². The van der Waals surface area contributed by atoms with Gasteiger partial charge in [-0.1, -0.05) is 6.07 Å². The average molecular weight is 258 g/mol. The SMILES string of the molecule is Cc1ccc(OCCCS(=O)(=O)N(C)C)nc1.